The summed E-state index contributed by atoms with van der Waals surface area (Å²) in [6.07, 6.45) is 0. The second-order valence-electron chi connectivity index (χ2n) is 4.64. The molecule has 2 N–H and O–H groups in total. The third-order valence-electron chi connectivity index (χ3n) is 3.19. The maximum atomic E-state index is 13.8. The van der Waals surface area contributed by atoms with Crippen molar-refractivity contribution in [1.29, 1.82) is 0 Å². The number of aromatic nitrogens is 3. The summed E-state index contributed by atoms with van der Waals surface area (Å²) >= 11 is 13.6. The van der Waals surface area contributed by atoms with Gasteiger partial charge >= 0.3 is 0 Å². The molecule has 0 unspecified atom stereocenters. The Morgan fingerprint density at radius 3 is 2.43 bits per heavy atom. The summed E-state index contributed by atoms with van der Waals surface area (Å²) in [4.78, 5) is 0. The molecule has 0 amide bonds. The second kappa shape index (κ2) is 6.78. The number of nitrogens with two attached hydrogens (primary N) is 1. The van der Waals surface area contributed by atoms with Crippen molar-refractivity contribution in [2.75, 3.05) is 5.84 Å². The third-order valence-corrected chi connectivity index (χ3v) is 4.86. The monoisotopic (exact) mass is 368 g/mol. The molecule has 3 aromatic rings. The molecule has 118 valence electrons. The van der Waals surface area contributed by atoms with Gasteiger partial charge in [0.2, 0.25) is 5.16 Å². The van der Waals surface area contributed by atoms with Crippen molar-refractivity contribution in [3.8, 4) is 11.4 Å². The number of halogens is 3. The van der Waals surface area contributed by atoms with E-state index in [1.807, 2.05) is 0 Å². The van der Waals surface area contributed by atoms with E-state index in [4.69, 9.17) is 29.0 Å². The van der Waals surface area contributed by atoms with Gasteiger partial charge in [0.1, 0.15) is 5.82 Å². The van der Waals surface area contributed by atoms with Gasteiger partial charge < -0.3 is 5.84 Å². The summed E-state index contributed by atoms with van der Waals surface area (Å²) < 4.78 is 15.1. The molecule has 4 nitrogen and oxygen atoms in total. The first-order valence-electron chi connectivity index (χ1n) is 6.59. The molecule has 0 atom stereocenters. The summed E-state index contributed by atoms with van der Waals surface area (Å²) in [6.45, 7) is 0. The molecule has 1 aromatic heterocycles. The lowest BCUT2D eigenvalue weighted by Crippen LogP contribution is -2.12. The van der Waals surface area contributed by atoms with E-state index in [-0.39, 0.29) is 5.82 Å². The molecular weight excluding hydrogens is 358 g/mol. The van der Waals surface area contributed by atoms with Crippen molar-refractivity contribution in [2.45, 2.75) is 10.9 Å². The van der Waals surface area contributed by atoms with E-state index in [9.17, 15) is 4.39 Å². The summed E-state index contributed by atoms with van der Waals surface area (Å²) in [5.74, 6) is 6.31. The van der Waals surface area contributed by atoms with Crippen molar-refractivity contribution in [3.05, 3.63) is 63.9 Å². The van der Waals surface area contributed by atoms with Crippen LogP contribution < -0.4 is 5.84 Å². The molecule has 0 aliphatic carbocycles. The van der Waals surface area contributed by atoms with Gasteiger partial charge in [0, 0.05) is 15.8 Å². The maximum absolute atomic E-state index is 13.8. The highest BCUT2D eigenvalue weighted by molar-refractivity contribution is 7.98. The van der Waals surface area contributed by atoms with Gasteiger partial charge in [-0.05, 0) is 29.8 Å². The van der Waals surface area contributed by atoms with Gasteiger partial charge in [0.15, 0.2) is 5.82 Å². The van der Waals surface area contributed by atoms with Crippen LogP contribution in [0.25, 0.3) is 11.4 Å². The second-order valence-corrected chi connectivity index (χ2v) is 6.40. The standard InChI is InChI=1S/C15H11Cl2FN4S/c16-11-5-3-6-12(17)10(11)8-23-15-21-20-14(22(15)19)9-4-1-2-7-13(9)18/h1-7H,8,19H2. The highest BCUT2D eigenvalue weighted by Crippen LogP contribution is 2.31. The van der Waals surface area contributed by atoms with E-state index in [2.05, 4.69) is 10.2 Å². The fraction of sp³-hybridized carbons (Fsp3) is 0.0667. The molecule has 0 aliphatic heterocycles. The molecule has 0 spiro atoms. The maximum Gasteiger partial charge on any atom is 0.210 e. The number of nitrogens with zero attached hydrogens (tertiary/aromatic N) is 3. The van der Waals surface area contributed by atoms with E-state index in [1.54, 1.807) is 36.4 Å². The highest BCUT2D eigenvalue weighted by atomic mass is 35.5. The zero-order chi connectivity index (χ0) is 16.4. The first-order valence-corrected chi connectivity index (χ1v) is 8.33. The van der Waals surface area contributed by atoms with Gasteiger partial charge in [0.05, 0.1) is 5.56 Å². The van der Waals surface area contributed by atoms with Gasteiger partial charge in [0.25, 0.3) is 0 Å². The number of benzene rings is 2. The van der Waals surface area contributed by atoms with Crippen LogP contribution in [-0.4, -0.2) is 14.9 Å². The van der Waals surface area contributed by atoms with Crippen molar-refractivity contribution >= 4 is 35.0 Å². The summed E-state index contributed by atoms with van der Waals surface area (Å²) in [6, 6.07) is 11.6. The summed E-state index contributed by atoms with van der Waals surface area (Å²) in [5.41, 5.74) is 1.08. The lowest BCUT2D eigenvalue weighted by Gasteiger charge is -2.07. The topological polar surface area (TPSA) is 56.7 Å². The van der Waals surface area contributed by atoms with Crippen molar-refractivity contribution in [3.63, 3.8) is 0 Å². The van der Waals surface area contributed by atoms with E-state index in [0.29, 0.717) is 26.5 Å². The van der Waals surface area contributed by atoms with Gasteiger partial charge in [-0.2, -0.15) is 0 Å². The minimum Gasteiger partial charge on any atom is -0.335 e. The number of hydrogen-bond acceptors (Lipinski definition) is 4. The first-order chi connectivity index (χ1) is 11.1. The van der Waals surface area contributed by atoms with E-state index in [1.165, 1.54) is 22.5 Å². The quantitative estimate of drug-likeness (QED) is 0.547. The average Bonchev–Trinajstić information content (AvgIpc) is 2.88. The molecule has 8 heteroatoms. The summed E-state index contributed by atoms with van der Waals surface area (Å²) in [5, 5.41) is 9.56. The molecule has 2 aromatic carbocycles. The normalized spacial score (nSPS) is 10.9. The Balaban J connectivity index is 1.85. The number of thioether (sulfide) groups is 1. The van der Waals surface area contributed by atoms with Crippen LogP contribution in [0.15, 0.2) is 47.6 Å². The Hall–Kier alpha value is -1.76. The van der Waals surface area contributed by atoms with Crippen molar-refractivity contribution in [2.24, 2.45) is 0 Å². The Kier molecular flexibility index (Phi) is 4.75. The zero-order valence-electron chi connectivity index (χ0n) is 11.7. The average molecular weight is 369 g/mol. The molecule has 23 heavy (non-hydrogen) atoms. The molecule has 0 bridgehead atoms. The van der Waals surface area contributed by atoms with Crippen LogP contribution in [0.4, 0.5) is 4.39 Å². The van der Waals surface area contributed by atoms with E-state index in [0.717, 1.165) is 5.56 Å². The van der Waals surface area contributed by atoms with Crippen molar-refractivity contribution in [1.82, 2.24) is 14.9 Å². The molecule has 0 saturated carbocycles. The molecule has 0 fully saturated rings. The predicted octanol–water partition coefficient (Wildman–Crippen LogP) is 4.40. The minimum absolute atomic E-state index is 0.260. The van der Waals surface area contributed by atoms with Crippen LogP contribution in [0.3, 0.4) is 0 Å². The van der Waals surface area contributed by atoms with Crippen molar-refractivity contribution < 1.29 is 4.39 Å². The van der Waals surface area contributed by atoms with Crippen LogP contribution >= 0.6 is 35.0 Å². The van der Waals surface area contributed by atoms with Crippen LogP contribution in [0.2, 0.25) is 10.0 Å². The Morgan fingerprint density at radius 2 is 1.74 bits per heavy atom. The van der Waals surface area contributed by atoms with Gasteiger partial charge in [-0.25, -0.2) is 9.07 Å². The Labute approximate surface area is 146 Å². The summed E-state index contributed by atoms with van der Waals surface area (Å²) in [7, 11) is 0. The third kappa shape index (κ3) is 3.29. The first kappa shape index (κ1) is 16.1. The largest absolute Gasteiger partial charge is 0.335 e. The van der Waals surface area contributed by atoms with Crippen LogP contribution in [0.1, 0.15) is 5.56 Å². The van der Waals surface area contributed by atoms with Gasteiger partial charge in [-0.3, -0.25) is 0 Å². The molecule has 3 rings (SSSR count). The van der Waals surface area contributed by atoms with Crippen LogP contribution in [0, 0.1) is 5.82 Å². The van der Waals surface area contributed by atoms with E-state index >= 15 is 0 Å². The molecule has 0 aliphatic rings. The molecular formula is C15H11Cl2FN4S. The minimum atomic E-state index is -0.405. The molecule has 0 saturated heterocycles. The fourth-order valence-corrected chi connectivity index (χ4v) is 3.61. The highest BCUT2D eigenvalue weighted by Gasteiger charge is 2.16. The molecule has 1 heterocycles. The smallest absolute Gasteiger partial charge is 0.210 e. The lowest BCUT2D eigenvalue weighted by molar-refractivity contribution is 0.629. The number of hydrogen-bond donors (Lipinski definition) is 1. The number of nitrogen functional groups attached to an aromatic ring is 1. The Bertz CT molecular complexity index is 833. The Morgan fingerprint density at radius 1 is 1.04 bits per heavy atom. The SMILES string of the molecule is Nn1c(SCc2c(Cl)cccc2Cl)nnc1-c1ccccc1F. The van der Waals surface area contributed by atoms with E-state index < -0.39 is 5.82 Å². The number of rotatable bonds is 4. The molecule has 0 radical (unpaired) electrons. The van der Waals surface area contributed by atoms with Crippen LogP contribution in [-0.2, 0) is 5.75 Å². The van der Waals surface area contributed by atoms with Crippen LogP contribution in [0.5, 0.6) is 0 Å². The van der Waals surface area contributed by atoms with Gasteiger partial charge in [-0.15, -0.1) is 10.2 Å². The zero-order valence-corrected chi connectivity index (χ0v) is 14.0. The predicted molar refractivity (Wildman–Crippen MR) is 91.6 cm³/mol. The van der Waals surface area contributed by atoms with Gasteiger partial charge in [-0.1, -0.05) is 53.2 Å². The lowest BCUT2D eigenvalue weighted by atomic mass is 10.2. The fourth-order valence-electron chi connectivity index (χ4n) is 2.01.